The molecule has 0 unspecified atom stereocenters. The Labute approximate surface area is 148 Å². The van der Waals surface area contributed by atoms with Crippen LogP contribution in [0, 0.1) is 0 Å². The fourth-order valence-electron chi connectivity index (χ4n) is 3.10. The molecule has 1 aromatic heterocycles. The summed E-state index contributed by atoms with van der Waals surface area (Å²) in [6, 6.07) is 16.2. The van der Waals surface area contributed by atoms with E-state index in [-0.39, 0.29) is 16.9 Å². The average molecular weight is 345 g/mol. The van der Waals surface area contributed by atoms with Crippen LogP contribution in [0.5, 0.6) is 0 Å². The molecule has 1 aliphatic heterocycles. The predicted octanol–water partition coefficient (Wildman–Crippen LogP) is 2.61. The quantitative estimate of drug-likeness (QED) is 0.553. The molecule has 0 bridgehead atoms. The van der Waals surface area contributed by atoms with E-state index in [0.717, 1.165) is 5.56 Å². The largest absolute Gasteiger partial charge is 0.311 e. The van der Waals surface area contributed by atoms with Crippen molar-refractivity contribution in [2.45, 2.75) is 0 Å². The minimum absolute atomic E-state index is 0.0338. The number of aromatic nitrogens is 2. The zero-order valence-corrected chi connectivity index (χ0v) is 13.9. The number of hydrogen-bond acceptors (Lipinski definition) is 3. The zero-order chi connectivity index (χ0) is 18.3. The minimum atomic E-state index is -0.437. The molecule has 4 rings (SSSR count). The summed E-state index contributed by atoms with van der Waals surface area (Å²) >= 11 is 0. The standard InChI is InChI=1S/C20H15N3O3/c1-23-16-10-6-5-9-13(16)18(24)15(20(23)26)11-14-17(21-22-19(14)25)12-7-3-2-4-8-12/h2-11H,1H3,(H2,21,22,25)/b15-11-. The lowest BCUT2D eigenvalue weighted by Crippen LogP contribution is -2.36. The molecule has 26 heavy (non-hydrogen) atoms. The fourth-order valence-corrected chi connectivity index (χ4v) is 3.10. The van der Waals surface area contributed by atoms with E-state index >= 15 is 0 Å². The summed E-state index contributed by atoms with van der Waals surface area (Å²) in [5.41, 5.74) is 2.14. The number of nitrogens with one attached hydrogen (secondary N) is 2. The van der Waals surface area contributed by atoms with Gasteiger partial charge in [0.25, 0.3) is 11.5 Å². The van der Waals surface area contributed by atoms with E-state index in [4.69, 9.17) is 0 Å². The van der Waals surface area contributed by atoms with Crippen LogP contribution in [0.1, 0.15) is 15.9 Å². The lowest BCUT2D eigenvalue weighted by Gasteiger charge is -2.26. The highest BCUT2D eigenvalue weighted by molar-refractivity contribution is 6.36. The number of aromatic amines is 2. The molecule has 0 spiro atoms. The van der Waals surface area contributed by atoms with Gasteiger partial charge in [0.05, 0.1) is 22.5 Å². The van der Waals surface area contributed by atoms with Crippen LogP contribution < -0.4 is 10.5 Å². The number of amides is 1. The van der Waals surface area contributed by atoms with Gasteiger partial charge in [-0.15, -0.1) is 0 Å². The maximum absolute atomic E-state index is 12.8. The highest BCUT2D eigenvalue weighted by atomic mass is 16.2. The normalized spacial score (nSPS) is 15.4. The minimum Gasteiger partial charge on any atom is -0.311 e. The number of ketones is 1. The molecule has 0 fully saturated rings. The van der Waals surface area contributed by atoms with Crippen molar-refractivity contribution in [1.82, 2.24) is 10.2 Å². The van der Waals surface area contributed by atoms with Crippen molar-refractivity contribution >= 4 is 23.5 Å². The van der Waals surface area contributed by atoms with E-state index in [9.17, 15) is 14.4 Å². The van der Waals surface area contributed by atoms with Gasteiger partial charge in [0.1, 0.15) is 0 Å². The molecule has 6 nitrogen and oxygen atoms in total. The summed E-state index contributed by atoms with van der Waals surface area (Å²) in [4.78, 5) is 39.2. The van der Waals surface area contributed by atoms with Crippen molar-refractivity contribution in [1.29, 1.82) is 0 Å². The third-order valence-corrected chi connectivity index (χ3v) is 4.46. The van der Waals surface area contributed by atoms with Crippen LogP contribution in [0.3, 0.4) is 0 Å². The molecular formula is C20H15N3O3. The zero-order valence-electron chi connectivity index (χ0n) is 13.9. The molecule has 3 aromatic rings. The van der Waals surface area contributed by atoms with Gasteiger partial charge in [-0.1, -0.05) is 42.5 Å². The first kappa shape index (κ1) is 15.8. The Kier molecular flexibility index (Phi) is 3.65. The van der Waals surface area contributed by atoms with Gasteiger partial charge < -0.3 is 4.90 Å². The number of para-hydroxylation sites is 1. The Bertz CT molecular complexity index is 1110. The summed E-state index contributed by atoms with van der Waals surface area (Å²) in [5.74, 6) is -0.823. The average Bonchev–Trinajstić information content (AvgIpc) is 3.04. The van der Waals surface area contributed by atoms with Crippen molar-refractivity contribution in [3.63, 3.8) is 0 Å². The van der Waals surface area contributed by atoms with E-state index in [1.54, 1.807) is 31.3 Å². The smallest absolute Gasteiger partial charge is 0.271 e. The first-order valence-electron chi connectivity index (χ1n) is 8.07. The third-order valence-electron chi connectivity index (χ3n) is 4.46. The number of anilines is 1. The number of benzene rings is 2. The summed E-state index contributed by atoms with van der Waals surface area (Å²) in [6.07, 6.45) is 1.37. The van der Waals surface area contributed by atoms with Gasteiger partial charge in [0, 0.05) is 18.2 Å². The van der Waals surface area contributed by atoms with E-state index in [1.165, 1.54) is 11.0 Å². The number of carbonyl (C=O) groups is 2. The summed E-state index contributed by atoms with van der Waals surface area (Å²) in [6.45, 7) is 0. The second kappa shape index (κ2) is 6.00. The number of likely N-dealkylation sites (N-methyl/N-ethyl adjacent to an activating group) is 1. The highest BCUT2D eigenvalue weighted by Gasteiger charge is 2.32. The van der Waals surface area contributed by atoms with Crippen LogP contribution in [0.15, 0.2) is 65.0 Å². The van der Waals surface area contributed by atoms with Crippen LogP contribution in [-0.4, -0.2) is 28.9 Å². The van der Waals surface area contributed by atoms with Gasteiger partial charge in [-0.2, -0.15) is 0 Å². The lowest BCUT2D eigenvalue weighted by atomic mass is 9.93. The van der Waals surface area contributed by atoms with Gasteiger partial charge in [0.15, 0.2) is 0 Å². The Morgan fingerprint density at radius 1 is 0.885 bits per heavy atom. The third kappa shape index (κ3) is 2.39. The lowest BCUT2D eigenvalue weighted by molar-refractivity contribution is -0.114. The van der Waals surface area contributed by atoms with Crippen LogP contribution >= 0.6 is 0 Å². The topological polar surface area (TPSA) is 86.0 Å². The first-order valence-corrected chi connectivity index (χ1v) is 8.07. The SMILES string of the molecule is CN1C(=O)/C(=C\c2c(-c3ccccc3)[nH][nH]c2=O)C(=O)c2ccccc21. The van der Waals surface area contributed by atoms with Gasteiger partial charge in [-0.3, -0.25) is 24.6 Å². The fraction of sp³-hybridized carbons (Fsp3) is 0.0500. The van der Waals surface area contributed by atoms with E-state index in [0.29, 0.717) is 16.9 Å². The Balaban J connectivity index is 1.88. The molecule has 0 saturated carbocycles. The molecule has 0 atom stereocenters. The molecule has 2 aromatic carbocycles. The van der Waals surface area contributed by atoms with Gasteiger partial charge >= 0.3 is 0 Å². The molecule has 0 aliphatic carbocycles. The van der Waals surface area contributed by atoms with Crippen molar-refractivity contribution in [2.24, 2.45) is 0 Å². The molecule has 0 radical (unpaired) electrons. The van der Waals surface area contributed by atoms with Gasteiger partial charge in [0.2, 0.25) is 5.78 Å². The Morgan fingerprint density at radius 3 is 2.35 bits per heavy atom. The summed E-state index contributed by atoms with van der Waals surface area (Å²) < 4.78 is 0. The monoisotopic (exact) mass is 345 g/mol. The van der Waals surface area contributed by atoms with Gasteiger partial charge in [-0.25, -0.2) is 0 Å². The van der Waals surface area contributed by atoms with Crippen molar-refractivity contribution in [3.05, 3.63) is 81.7 Å². The summed E-state index contributed by atoms with van der Waals surface area (Å²) in [5, 5.41) is 5.35. The molecular weight excluding hydrogens is 330 g/mol. The number of nitrogens with zero attached hydrogens (tertiary/aromatic N) is 1. The first-order chi connectivity index (χ1) is 12.6. The van der Waals surface area contributed by atoms with Crippen LogP contribution in [0.4, 0.5) is 5.69 Å². The van der Waals surface area contributed by atoms with Crippen LogP contribution in [0.25, 0.3) is 17.3 Å². The van der Waals surface area contributed by atoms with E-state index in [2.05, 4.69) is 10.2 Å². The van der Waals surface area contributed by atoms with E-state index in [1.807, 2.05) is 30.3 Å². The number of rotatable bonds is 2. The van der Waals surface area contributed by atoms with Gasteiger partial charge in [-0.05, 0) is 18.2 Å². The maximum Gasteiger partial charge on any atom is 0.271 e. The van der Waals surface area contributed by atoms with Crippen molar-refractivity contribution in [2.75, 3.05) is 11.9 Å². The molecule has 1 amide bonds. The number of carbonyl (C=O) groups excluding carboxylic acids is 2. The molecule has 0 saturated heterocycles. The van der Waals surface area contributed by atoms with Crippen molar-refractivity contribution in [3.8, 4) is 11.3 Å². The van der Waals surface area contributed by atoms with E-state index < -0.39 is 11.5 Å². The summed E-state index contributed by atoms with van der Waals surface area (Å²) in [7, 11) is 1.61. The number of Topliss-reactive ketones (excluding diaryl/α,β-unsaturated/α-hetero) is 1. The molecule has 1 aliphatic rings. The molecule has 2 N–H and O–H groups in total. The number of hydrogen-bond donors (Lipinski definition) is 2. The number of H-pyrrole nitrogens is 2. The highest BCUT2D eigenvalue weighted by Crippen LogP contribution is 2.30. The van der Waals surface area contributed by atoms with Crippen LogP contribution in [0.2, 0.25) is 0 Å². The maximum atomic E-state index is 12.8. The molecule has 2 heterocycles. The van der Waals surface area contributed by atoms with Crippen LogP contribution in [-0.2, 0) is 4.79 Å². The number of fused-ring (bicyclic) bond motifs is 1. The molecule has 6 heteroatoms. The molecule has 128 valence electrons. The Morgan fingerprint density at radius 2 is 1.58 bits per heavy atom. The second-order valence-electron chi connectivity index (χ2n) is 6.00. The predicted molar refractivity (Wildman–Crippen MR) is 99.0 cm³/mol. The Hall–Kier alpha value is -3.67. The second-order valence-corrected chi connectivity index (χ2v) is 6.00. The van der Waals surface area contributed by atoms with Crippen molar-refractivity contribution < 1.29 is 9.59 Å².